The number of amides is 1. The summed E-state index contributed by atoms with van der Waals surface area (Å²) in [6.07, 6.45) is 6.54. The van der Waals surface area contributed by atoms with Gasteiger partial charge in [-0.1, -0.05) is 0 Å². The number of aryl methyl sites for hydroxylation is 1. The Labute approximate surface area is 149 Å². The fraction of sp³-hybridized carbons (Fsp3) is 0.333. The topological polar surface area (TPSA) is 105 Å². The van der Waals surface area contributed by atoms with Crippen molar-refractivity contribution in [3.63, 3.8) is 0 Å². The number of hydrogen-bond donors (Lipinski definition) is 1. The molecule has 2 N–H and O–H groups in total. The van der Waals surface area contributed by atoms with Crippen LogP contribution in [0.25, 0.3) is 22.2 Å². The molecule has 0 saturated carbocycles. The first-order valence-corrected chi connectivity index (χ1v) is 8.45. The third kappa shape index (κ3) is 3.11. The molecule has 3 heterocycles. The van der Waals surface area contributed by atoms with Gasteiger partial charge in [-0.2, -0.15) is 5.10 Å². The lowest BCUT2D eigenvalue weighted by atomic mass is 10.0. The van der Waals surface area contributed by atoms with Gasteiger partial charge in [0, 0.05) is 55.5 Å². The van der Waals surface area contributed by atoms with Crippen LogP contribution in [0.2, 0.25) is 0 Å². The average molecular weight is 353 g/mol. The number of rotatable bonds is 4. The Morgan fingerprint density at radius 2 is 2.04 bits per heavy atom. The molecule has 1 aromatic carbocycles. The van der Waals surface area contributed by atoms with Gasteiger partial charge >= 0.3 is 0 Å². The van der Waals surface area contributed by atoms with E-state index in [-0.39, 0.29) is 11.8 Å². The van der Waals surface area contributed by atoms with Gasteiger partial charge in [-0.05, 0) is 6.07 Å². The zero-order valence-electron chi connectivity index (χ0n) is 14.4. The Kier molecular flexibility index (Phi) is 4.26. The summed E-state index contributed by atoms with van der Waals surface area (Å²) in [4.78, 5) is 20.2. The van der Waals surface area contributed by atoms with Crippen molar-refractivity contribution in [3.05, 3.63) is 36.4 Å². The van der Waals surface area contributed by atoms with Crippen LogP contribution in [0.1, 0.15) is 23.3 Å². The van der Waals surface area contributed by atoms with Crippen molar-refractivity contribution in [1.29, 1.82) is 0 Å². The Bertz CT molecular complexity index is 963. The second-order valence-corrected chi connectivity index (χ2v) is 6.26. The maximum Gasteiger partial charge on any atom is 0.269 e. The van der Waals surface area contributed by atoms with Gasteiger partial charge in [0.2, 0.25) is 0 Å². The number of hydrogen-bond acceptors (Lipinski definition) is 6. The highest BCUT2D eigenvalue weighted by molar-refractivity contribution is 5.99. The standard InChI is InChI=1S/C18H19N5O3/c1-23-10-11-8-13(16-17(18(19)24)21-5-4-20-16)15(9-14(11)22-23)26-12-2-6-25-7-3-12/h4-5,8-10,12H,2-3,6-7H2,1H3,(H2,19,24). The van der Waals surface area contributed by atoms with E-state index >= 15 is 0 Å². The monoisotopic (exact) mass is 353 g/mol. The minimum atomic E-state index is -0.628. The fourth-order valence-electron chi connectivity index (χ4n) is 3.15. The van der Waals surface area contributed by atoms with Crippen LogP contribution in [0.5, 0.6) is 5.75 Å². The van der Waals surface area contributed by atoms with Crippen LogP contribution in [-0.2, 0) is 11.8 Å². The zero-order valence-corrected chi connectivity index (χ0v) is 14.4. The van der Waals surface area contributed by atoms with Crippen LogP contribution in [-0.4, -0.2) is 45.0 Å². The highest BCUT2D eigenvalue weighted by atomic mass is 16.5. The minimum Gasteiger partial charge on any atom is -0.489 e. The molecule has 4 rings (SSSR count). The van der Waals surface area contributed by atoms with E-state index in [1.807, 2.05) is 25.4 Å². The molecule has 134 valence electrons. The van der Waals surface area contributed by atoms with Crippen LogP contribution in [0, 0.1) is 0 Å². The van der Waals surface area contributed by atoms with Crippen molar-refractivity contribution in [2.24, 2.45) is 12.8 Å². The summed E-state index contributed by atoms with van der Waals surface area (Å²) in [5.41, 5.74) is 7.50. The highest BCUT2D eigenvalue weighted by Gasteiger charge is 2.22. The summed E-state index contributed by atoms with van der Waals surface area (Å²) in [5, 5.41) is 5.36. The number of ether oxygens (including phenoxy) is 2. The summed E-state index contributed by atoms with van der Waals surface area (Å²) in [5.74, 6) is -0.0116. The van der Waals surface area contributed by atoms with E-state index in [1.54, 1.807) is 4.68 Å². The van der Waals surface area contributed by atoms with Gasteiger partial charge < -0.3 is 15.2 Å². The van der Waals surface area contributed by atoms with Crippen molar-refractivity contribution in [2.75, 3.05) is 13.2 Å². The first-order chi connectivity index (χ1) is 12.6. The van der Waals surface area contributed by atoms with E-state index in [2.05, 4.69) is 15.1 Å². The molecule has 8 heteroatoms. The summed E-state index contributed by atoms with van der Waals surface area (Å²) >= 11 is 0. The molecule has 1 saturated heterocycles. The first-order valence-electron chi connectivity index (χ1n) is 8.45. The minimum absolute atomic E-state index is 0.0392. The third-order valence-electron chi connectivity index (χ3n) is 4.37. The molecule has 3 aromatic rings. The number of carbonyl (C=O) groups is 1. The van der Waals surface area contributed by atoms with Crippen molar-refractivity contribution < 1.29 is 14.3 Å². The van der Waals surface area contributed by atoms with Gasteiger partial charge in [0.05, 0.1) is 18.7 Å². The number of nitrogens with zero attached hydrogens (tertiary/aromatic N) is 4. The van der Waals surface area contributed by atoms with Crippen molar-refractivity contribution in [3.8, 4) is 17.0 Å². The van der Waals surface area contributed by atoms with Gasteiger partial charge in [-0.25, -0.2) is 4.98 Å². The first kappa shape index (κ1) is 16.5. The van der Waals surface area contributed by atoms with E-state index < -0.39 is 5.91 Å². The molecule has 1 aliphatic rings. The molecule has 1 aliphatic heterocycles. The predicted octanol–water partition coefficient (Wildman–Crippen LogP) is 1.69. The molecule has 26 heavy (non-hydrogen) atoms. The normalized spacial score (nSPS) is 15.3. The van der Waals surface area contributed by atoms with Crippen molar-refractivity contribution in [1.82, 2.24) is 19.7 Å². The molecule has 0 radical (unpaired) electrons. The molecule has 0 spiro atoms. The summed E-state index contributed by atoms with van der Waals surface area (Å²) < 4.78 is 13.4. The van der Waals surface area contributed by atoms with Crippen molar-refractivity contribution >= 4 is 16.8 Å². The van der Waals surface area contributed by atoms with E-state index in [0.717, 1.165) is 23.7 Å². The van der Waals surface area contributed by atoms with Gasteiger partial charge in [0.1, 0.15) is 17.5 Å². The molecule has 2 aromatic heterocycles. The predicted molar refractivity (Wildman–Crippen MR) is 94.7 cm³/mol. The SMILES string of the molecule is Cn1cc2cc(-c3nccnc3C(N)=O)c(OC3CCOCC3)cc2n1. The van der Waals surface area contributed by atoms with Gasteiger partial charge in [-0.3, -0.25) is 14.5 Å². The Morgan fingerprint density at radius 3 is 2.81 bits per heavy atom. The molecular weight excluding hydrogens is 334 g/mol. The zero-order chi connectivity index (χ0) is 18.1. The molecule has 0 atom stereocenters. The van der Waals surface area contributed by atoms with E-state index in [0.29, 0.717) is 30.2 Å². The van der Waals surface area contributed by atoms with Crippen LogP contribution < -0.4 is 10.5 Å². The maximum atomic E-state index is 11.8. The number of aromatic nitrogens is 4. The van der Waals surface area contributed by atoms with Gasteiger partial charge in [0.25, 0.3) is 5.91 Å². The largest absolute Gasteiger partial charge is 0.489 e. The summed E-state index contributed by atoms with van der Waals surface area (Å²) in [6, 6.07) is 3.78. The fourth-order valence-corrected chi connectivity index (χ4v) is 3.15. The second kappa shape index (κ2) is 6.72. The molecule has 8 nitrogen and oxygen atoms in total. The Balaban J connectivity index is 1.86. The number of benzene rings is 1. The van der Waals surface area contributed by atoms with E-state index in [4.69, 9.17) is 15.2 Å². The quantitative estimate of drug-likeness (QED) is 0.765. The summed E-state index contributed by atoms with van der Waals surface area (Å²) in [7, 11) is 1.86. The molecule has 1 fully saturated rings. The smallest absolute Gasteiger partial charge is 0.269 e. The van der Waals surface area contributed by atoms with Crippen LogP contribution in [0.3, 0.4) is 0 Å². The Hall–Kier alpha value is -3.00. The highest BCUT2D eigenvalue weighted by Crippen LogP contribution is 2.35. The van der Waals surface area contributed by atoms with Crippen LogP contribution >= 0.6 is 0 Å². The number of fused-ring (bicyclic) bond motifs is 1. The van der Waals surface area contributed by atoms with E-state index in [1.165, 1.54) is 12.4 Å². The molecule has 0 bridgehead atoms. The maximum absolute atomic E-state index is 11.8. The number of nitrogens with two attached hydrogens (primary N) is 1. The number of primary amides is 1. The van der Waals surface area contributed by atoms with E-state index in [9.17, 15) is 4.79 Å². The third-order valence-corrected chi connectivity index (χ3v) is 4.37. The lowest BCUT2D eigenvalue weighted by Gasteiger charge is -2.24. The van der Waals surface area contributed by atoms with Crippen molar-refractivity contribution in [2.45, 2.75) is 18.9 Å². The van der Waals surface area contributed by atoms with Gasteiger partial charge in [0.15, 0.2) is 5.69 Å². The molecule has 0 unspecified atom stereocenters. The molecule has 1 amide bonds. The van der Waals surface area contributed by atoms with Gasteiger partial charge in [-0.15, -0.1) is 0 Å². The lowest BCUT2D eigenvalue weighted by molar-refractivity contribution is 0.0258. The lowest BCUT2D eigenvalue weighted by Crippen LogP contribution is -2.26. The van der Waals surface area contributed by atoms with Crippen LogP contribution in [0.15, 0.2) is 30.7 Å². The van der Waals surface area contributed by atoms with Crippen LogP contribution in [0.4, 0.5) is 0 Å². The average Bonchev–Trinajstić information content (AvgIpc) is 3.01. The molecule has 0 aliphatic carbocycles. The number of carbonyl (C=O) groups excluding carboxylic acids is 1. The summed E-state index contributed by atoms with van der Waals surface area (Å²) in [6.45, 7) is 1.34. The molecular formula is C18H19N5O3. The Morgan fingerprint density at radius 1 is 1.27 bits per heavy atom. The second-order valence-electron chi connectivity index (χ2n) is 6.26.